The number of benzene rings is 2. The molecule has 0 aliphatic heterocycles. The van der Waals surface area contributed by atoms with Crippen LogP contribution in [0.1, 0.15) is 12.5 Å². The van der Waals surface area contributed by atoms with Crippen LogP contribution in [0.5, 0.6) is 5.75 Å². The van der Waals surface area contributed by atoms with Crippen LogP contribution in [0.25, 0.3) is 0 Å². The second kappa shape index (κ2) is 6.87. The number of aryl methyl sites for hydroxylation is 1. The molecule has 2 aromatic rings. The van der Waals surface area contributed by atoms with Crippen LogP contribution >= 0.6 is 23.2 Å². The van der Waals surface area contributed by atoms with E-state index in [2.05, 4.69) is 5.32 Å². The van der Waals surface area contributed by atoms with Crippen molar-refractivity contribution in [3.8, 4) is 5.75 Å². The summed E-state index contributed by atoms with van der Waals surface area (Å²) in [4.78, 5) is 0. The largest absolute Gasteiger partial charge is 0.489 e. The third-order valence-electron chi connectivity index (χ3n) is 2.84. The highest BCUT2D eigenvalue weighted by Gasteiger charge is 2.06. The molecule has 0 saturated carbocycles. The zero-order valence-electron chi connectivity index (χ0n) is 11.5. The van der Waals surface area contributed by atoms with Gasteiger partial charge >= 0.3 is 0 Å². The zero-order chi connectivity index (χ0) is 14.5. The fourth-order valence-corrected chi connectivity index (χ4v) is 2.32. The summed E-state index contributed by atoms with van der Waals surface area (Å²) in [7, 11) is 0. The van der Waals surface area contributed by atoms with Crippen molar-refractivity contribution < 1.29 is 4.74 Å². The molecule has 1 atom stereocenters. The van der Waals surface area contributed by atoms with Crippen LogP contribution in [-0.4, -0.2) is 12.6 Å². The third-order valence-corrected chi connectivity index (χ3v) is 3.39. The summed E-state index contributed by atoms with van der Waals surface area (Å²) in [6, 6.07) is 13.4. The van der Waals surface area contributed by atoms with Crippen molar-refractivity contribution in [1.82, 2.24) is 0 Å². The summed E-state index contributed by atoms with van der Waals surface area (Å²) in [5.74, 6) is 0.876. The Labute approximate surface area is 129 Å². The third kappa shape index (κ3) is 4.32. The number of ether oxygens (including phenoxy) is 1. The second-order valence-electron chi connectivity index (χ2n) is 4.75. The lowest BCUT2D eigenvalue weighted by Crippen LogP contribution is -2.22. The van der Waals surface area contributed by atoms with Gasteiger partial charge in [-0.05, 0) is 49.7 Å². The van der Waals surface area contributed by atoms with Crippen LogP contribution in [-0.2, 0) is 0 Å². The van der Waals surface area contributed by atoms with Gasteiger partial charge in [-0.1, -0.05) is 35.3 Å². The highest BCUT2D eigenvalue weighted by molar-refractivity contribution is 6.36. The van der Waals surface area contributed by atoms with Crippen molar-refractivity contribution in [2.75, 3.05) is 11.9 Å². The smallest absolute Gasteiger partial charge is 0.120 e. The van der Waals surface area contributed by atoms with Crippen molar-refractivity contribution in [1.29, 1.82) is 0 Å². The summed E-state index contributed by atoms with van der Waals surface area (Å²) < 4.78 is 5.85. The molecule has 0 saturated heterocycles. The van der Waals surface area contributed by atoms with E-state index in [4.69, 9.17) is 27.9 Å². The van der Waals surface area contributed by atoms with Gasteiger partial charge in [0.2, 0.25) is 0 Å². The van der Waals surface area contributed by atoms with Crippen LogP contribution in [0.3, 0.4) is 0 Å². The number of anilines is 1. The molecule has 0 fully saturated rings. The van der Waals surface area contributed by atoms with Crippen LogP contribution in [0.2, 0.25) is 10.0 Å². The number of halogens is 2. The van der Waals surface area contributed by atoms with Gasteiger partial charge in [0.25, 0.3) is 0 Å². The number of hydrogen-bond donors (Lipinski definition) is 1. The topological polar surface area (TPSA) is 21.3 Å². The average molecular weight is 310 g/mol. The highest BCUT2D eigenvalue weighted by atomic mass is 35.5. The normalized spacial score (nSPS) is 12.0. The molecule has 2 rings (SSSR count). The van der Waals surface area contributed by atoms with Gasteiger partial charge in [0.1, 0.15) is 11.9 Å². The Kier molecular flexibility index (Phi) is 5.16. The summed E-state index contributed by atoms with van der Waals surface area (Å²) >= 11 is 12.0. The first-order valence-electron chi connectivity index (χ1n) is 6.47. The molecule has 106 valence electrons. The first-order valence-corrected chi connectivity index (χ1v) is 7.22. The SMILES string of the molecule is Cc1cccc(OC(C)CNc2ccc(Cl)cc2Cl)c1. The molecular formula is C16H17Cl2NO. The average Bonchev–Trinajstić information content (AvgIpc) is 2.37. The molecule has 2 aromatic carbocycles. The Morgan fingerprint density at radius 3 is 2.65 bits per heavy atom. The van der Waals surface area contributed by atoms with Crippen molar-refractivity contribution >= 4 is 28.9 Å². The van der Waals surface area contributed by atoms with Crippen molar-refractivity contribution in [3.05, 3.63) is 58.1 Å². The molecule has 20 heavy (non-hydrogen) atoms. The maximum atomic E-state index is 6.11. The van der Waals surface area contributed by atoms with Gasteiger partial charge in [-0.3, -0.25) is 0 Å². The monoisotopic (exact) mass is 309 g/mol. The van der Waals surface area contributed by atoms with Crippen molar-refractivity contribution in [3.63, 3.8) is 0 Å². The summed E-state index contributed by atoms with van der Waals surface area (Å²) in [6.07, 6.45) is 0.0311. The summed E-state index contributed by atoms with van der Waals surface area (Å²) in [5.41, 5.74) is 2.04. The lowest BCUT2D eigenvalue weighted by atomic mass is 10.2. The molecule has 2 nitrogen and oxygen atoms in total. The number of nitrogens with one attached hydrogen (secondary N) is 1. The molecular weight excluding hydrogens is 293 g/mol. The molecule has 4 heteroatoms. The Hall–Kier alpha value is -1.38. The van der Waals surface area contributed by atoms with E-state index in [9.17, 15) is 0 Å². The van der Waals surface area contributed by atoms with Gasteiger partial charge in [0, 0.05) is 5.02 Å². The first kappa shape index (κ1) is 15.0. The summed E-state index contributed by atoms with van der Waals surface area (Å²) in [5, 5.41) is 4.50. The highest BCUT2D eigenvalue weighted by Crippen LogP contribution is 2.25. The molecule has 0 aliphatic rings. The molecule has 0 bridgehead atoms. The van der Waals surface area contributed by atoms with Gasteiger partial charge in [0.15, 0.2) is 0 Å². The van der Waals surface area contributed by atoms with E-state index in [0.717, 1.165) is 11.4 Å². The lowest BCUT2D eigenvalue weighted by Gasteiger charge is -2.17. The van der Waals surface area contributed by atoms with Gasteiger partial charge in [0.05, 0.1) is 17.3 Å². The van der Waals surface area contributed by atoms with E-state index in [-0.39, 0.29) is 6.10 Å². The minimum Gasteiger partial charge on any atom is -0.489 e. The van der Waals surface area contributed by atoms with E-state index in [0.29, 0.717) is 16.6 Å². The zero-order valence-corrected chi connectivity index (χ0v) is 13.0. The summed E-state index contributed by atoms with van der Waals surface area (Å²) in [6.45, 7) is 4.72. The molecule has 0 radical (unpaired) electrons. The Morgan fingerprint density at radius 2 is 1.95 bits per heavy atom. The van der Waals surface area contributed by atoms with E-state index >= 15 is 0 Å². The van der Waals surface area contributed by atoms with Gasteiger partial charge in [-0.2, -0.15) is 0 Å². The maximum absolute atomic E-state index is 6.11. The second-order valence-corrected chi connectivity index (χ2v) is 5.59. The minimum absolute atomic E-state index is 0.0311. The standard InChI is InChI=1S/C16H17Cl2NO/c1-11-4-3-5-14(8-11)20-12(2)10-19-16-7-6-13(17)9-15(16)18/h3-9,12,19H,10H2,1-2H3. The van der Waals surface area contributed by atoms with Gasteiger partial charge in [-0.15, -0.1) is 0 Å². The molecule has 0 spiro atoms. The fourth-order valence-electron chi connectivity index (χ4n) is 1.85. The van der Waals surface area contributed by atoms with Crippen molar-refractivity contribution in [2.24, 2.45) is 0 Å². The molecule has 0 aromatic heterocycles. The Balaban J connectivity index is 1.90. The van der Waals surface area contributed by atoms with Gasteiger partial charge in [-0.25, -0.2) is 0 Å². The predicted molar refractivity (Wildman–Crippen MR) is 86.2 cm³/mol. The van der Waals surface area contributed by atoms with E-state index < -0.39 is 0 Å². The molecule has 0 aliphatic carbocycles. The fraction of sp³-hybridized carbons (Fsp3) is 0.250. The minimum atomic E-state index is 0.0311. The van der Waals surface area contributed by atoms with Gasteiger partial charge < -0.3 is 10.1 Å². The maximum Gasteiger partial charge on any atom is 0.120 e. The molecule has 1 N–H and O–H groups in total. The van der Waals surface area contributed by atoms with Crippen LogP contribution < -0.4 is 10.1 Å². The van der Waals surface area contributed by atoms with Crippen LogP contribution in [0.4, 0.5) is 5.69 Å². The molecule has 0 amide bonds. The van der Waals surface area contributed by atoms with Crippen LogP contribution in [0.15, 0.2) is 42.5 Å². The molecule has 1 unspecified atom stereocenters. The van der Waals surface area contributed by atoms with Crippen molar-refractivity contribution in [2.45, 2.75) is 20.0 Å². The number of hydrogen-bond acceptors (Lipinski definition) is 2. The number of rotatable bonds is 5. The molecule has 0 heterocycles. The first-order chi connectivity index (χ1) is 9.54. The van der Waals surface area contributed by atoms with Crippen LogP contribution in [0, 0.1) is 6.92 Å². The van der Waals surface area contributed by atoms with E-state index in [1.54, 1.807) is 6.07 Å². The van der Waals surface area contributed by atoms with E-state index in [1.165, 1.54) is 5.56 Å². The predicted octanol–water partition coefficient (Wildman–Crippen LogP) is 5.18. The lowest BCUT2D eigenvalue weighted by molar-refractivity contribution is 0.234. The Morgan fingerprint density at radius 1 is 1.15 bits per heavy atom. The quantitative estimate of drug-likeness (QED) is 0.821. The van der Waals surface area contributed by atoms with E-state index in [1.807, 2.05) is 50.2 Å². The Bertz CT molecular complexity index is 586.